The SMILES string of the molecule is COC(C)(C)CC[C@H](C)O. The van der Waals surface area contributed by atoms with Crippen molar-refractivity contribution in [1.82, 2.24) is 0 Å². The first kappa shape index (κ1) is 9.92. The smallest absolute Gasteiger partial charge is 0.0623 e. The molecule has 0 saturated heterocycles. The Kier molecular flexibility index (Phi) is 3.91. The zero-order valence-electron chi connectivity index (χ0n) is 7.35. The molecule has 0 heterocycles. The van der Waals surface area contributed by atoms with E-state index < -0.39 is 0 Å². The quantitative estimate of drug-likeness (QED) is 0.652. The zero-order chi connectivity index (χ0) is 8.20. The Labute approximate surface area is 63.2 Å². The number of ether oxygens (including phenoxy) is 1. The Morgan fingerprint density at radius 3 is 2.30 bits per heavy atom. The van der Waals surface area contributed by atoms with Crippen molar-refractivity contribution in [2.45, 2.75) is 45.3 Å². The van der Waals surface area contributed by atoms with Crippen molar-refractivity contribution < 1.29 is 9.84 Å². The summed E-state index contributed by atoms with van der Waals surface area (Å²) in [6.45, 7) is 5.84. The van der Waals surface area contributed by atoms with Crippen LogP contribution in [0.3, 0.4) is 0 Å². The molecule has 0 radical (unpaired) electrons. The fourth-order valence-electron chi connectivity index (χ4n) is 0.659. The number of methoxy groups -OCH3 is 1. The summed E-state index contributed by atoms with van der Waals surface area (Å²) in [5.41, 5.74) is -0.0863. The first-order valence-corrected chi connectivity index (χ1v) is 3.71. The molecule has 10 heavy (non-hydrogen) atoms. The highest BCUT2D eigenvalue weighted by atomic mass is 16.5. The highest BCUT2D eigenvalue weighted by Gasteiger charge is 2.16. The van der Waals surface area contributed by atoms with E-state index in [1.165, 1.54) is 0 Å². The van der Waals surface area contributed by atoms with Crippen LogP contribution in [0.5, 0.6) is 0 Å². The standard InChI is InChI=1S/C8H18O2/c1-7(9)5-6-8(2,3)10-4/h7,9H,5-6H2,1-4H3/t7-/m0/s1. The summed E-state index contributed by atoms with van der Waals surface area (Å²) in [7, 11) is 1.70. The van der Waals surface area contributed by atoms with E-state index in [9.17, 15) is 0 Å². The Morgan fingerprint density at radius 2 is 2.00 bits per heavy atom. The lowest BCUT2D eigenvalue weighted by Crippen LogP contribution is -2.23. The van der Waals surface area contributed by atoms with E-state index in [2.05, 4.69) is 0 Å². The van der Waals surface area contributed by atoms with Gasteiger partial charge in [-0.3, -0.25) is 0 Å². The van der Waals surface area contributed by atoms with E-state index in [-0.39, 0.29) is 11.7 Å². The molecule has 0 aliphatic rings. The first-order chi connectivity index (χ1) is 4.48. The average molecular weight is 146 g/mol. The van der Waals surface area contributed by atoms with Crippen LogP contribution < -0.4 is 0 Å². The van der Waals surface area contributed by atoms with Gasteiger partial charge in [-0.25, -0.2) is 0 Å². The molecular formula is C8H18O2. The molecule has 0 amide bonds. The van der Waals surface area contributed by atoms with Gasteiger partial charge in [-0.1, -0.05) is 0 Å². The summed E-state index contributed by atoms with van der Waals surface area (Å²) >= 11 is 0. The maximum atomic E-state index is 8.96. The minimum Gasteiger partial charge on any atom is -0.393 e. The lowest BCUT2D eigenvalue weighted by atomic mass is 10.0. The topological polar surface area (TPSA) is 29.5 Å². The van der Waals surface area contributed by atoms with Crippen molar-refractivity contribution in [3.8, 4) is 0 Å². The van der Waals surface area contributed by atoms with Crippen LogP contribution in [0, 0.1) is 0 Å². The molecule has 0 spiro atoms. The summed E-state index contributed by atoms with van der Waals surface area (Å²) in [6.07, 6.45) is 1.50. The first-order valence-electron chi connectivity index (χ1n) is 3.71. The highest BCUT2D eigenvalue weighted by molar-refractivity contribution is 4.68. The molecule has 1 N–H and O–H groups in total. The fourth-order valence-corrected chi connectivity index (χ4v) is 0.659. The minimum absolute atomic E-state index is 0.0863. The third kappa shape index (κ3) is 4.77. The maximum Gasteiger partial charge on any atom is 0.0623 e. The van der Waals surface area contributed by atoms with E-state index in [4.69, 9.17) is 9.84 Å². The lowest BCUT2D eigenvalue weighted by Gasteiger charge is -2.23. The number of aliphatic hydroxyl groups excluding tert-OH is 1. The van der Waals surface area contributed by atoms with Gasteiger partial charge >= 0.3 is 0 Å². The van der Waals surface area contributed by atoms with Crippen molar-refractivity contribution >= 4 is 0 Å². The predicted molar refractivity (Wildman–Crippen MR) is 42.0 cm³/mol. The van der Waals surface area contributed by atoms with Crippen molar-refractivity contribution in [1.29, 1.82) is 0 Å². The summed E-state index contributed by atoms with van der Waals surface area (Å²) in [5.74, 6) is 0. The molecule has 2 nitrogen and oxygen atoms in total. The van der Waals surface area contributed by atoms with Gasteiger partial charge in [0.1, 0.15) is 0 Å². The molecule has 1 atom stereocenters. The summed E-state index contributed by atoms with van der Waals surface area (Å²) in [5, 5.41) is 8.96. The number of hydrogen-bond acceptors (Lipinski definition) is 2. The third-order valence-corrected chi connectivity index (χ3v) is 1.72. The van der Waals surface area contributed by atoms with E-state index in [1.54, 1.807) is 14.0 Å². The third-order valence-electron chi connectivity index (χ3n) is 1.72. The van der Waals surface area contributed by atoms with Crippen molar-refractivity contribution in [3.63, 3.8) is 0 Å². The van der Waals surface area contributed by atoms with Crippen LogP contribution in [0.15, 0.2) is 0 Å². The second-order valence-electron chi connectivity index (χ2n) is 3.35. The fraction of sp³-hybridized carbons (Fsp3) is 1.00. The number of hydrogen-bond donors (Lipinski definition) is 1. The molecule has 0 bridgehead atoms. The van der Waals surface area contributed by atoms with Gasteiger partial charge in [-0.05, 0) is 33.6 Å². The van der Waals surface area contributed by atoms with Gasteiger partial charge in [0, 0.05) is 7.11 Å². The highest BCUT2D eigenvalue weighted by Crippen LogP contribution is 2.16. The Morgan fingerprint density at radius 1 is 1.50 bits per heavy atom. The largest absolute Gasteiger partial charge is 0.393 e. The van der Waals surface area contributed by atoms with E-state index in [0.717, 1.165) is 12.8 Å². The van der Waals surface area contributed by atoms with Gasteiger partial charge in [-0.2, -0.15) is 0 Å². The molecule has 0 aliphatic heterocycles. The minimum atomic E-state index is -0.213. The van der Waals surface area contributed by atoms with Crippen LogP contribution in [0.4, 0.5) is 0 Å². The van der Waals surface area contributed by atoms with Gasteiger partial charge in [0.05, 0.1) is 11.7 Å². The van der Waals surface area contributed by atoms with E-state index in [0.29, 0.717) is 0 Å². The van der Waals surface area contributed by atoms with Crippen LogP contribution in [-0.4, -0.2) is 23.9 Å². The Hall–Kier alpha value is -0.0800. The van der Waals surface area contributed by atoms with Crippen LogP contribution in [0.2, 0.25) is 0 Å². The molecule has 0 aromatic carbocycles. The van der Waals surface area contributed by atoms with Crippen molar-refractivity contribution in [2.24, 2.45) is 0 Å². The number of rotatable bonds is 4. The van der Waals surface area contributed by atoms with Crippen molar-refractivity contribution in [2.75, 3.05) is 7.11 Å². The molecule has 0 aromatic rings. The lowest BCUT2D eigenvalue weighted by molar-refractivity contribution is 0.00457. The molecule has 0 unspecified atom stereocenters. The monoisotopic (exact) mass is 146 g/mol. The van der Waals surface area contributed by atoms with Gasteiger partial charge in [0.2, 0.25) is 0 Å². The van der Waals surface area contributed by atoms with Crippen LogP contribution in [0.1, 0.15) is 33.6 Å². The van der Waals surface area contributed by atoms with Gasteiger partial charge < -0.3 is 9.84 Å². The molecule has 0 aromatic heterocycles. The molecule has 0 saturated carbocycles. The molecule has 62 valence electrons. The summed E-state index contributed by atoms with van der Waals surface area (Å²) in [4.78, 5) is 0. The predicted octanol–water partition coefficient (Wildman–Crippen LogP) is 1.57. The van der Waals surface area contributed by atoms with E-state index in [1.807, 2.05) is 13.8 Å². The van der Waals surface area contributed by atoms with Gasteiger partial charge in [-0.15, -0.1) is 0 Å². The van der Waals surface area contributed by atoms with Crippen LogP contribution in [-0.2, 0) is 4.74 Å². The average Bonchev–Trinajstić information content (AvgIpc) is 1.85. The Bertz CT molecular complexity index is 87.3. The molecule has 0 rings (SSSR count). The molecular weight excluding hydrogens is 128 g/mol. The molecule has 0 aliphatic carbocycles. The van der Waals surface area contributed by atoms with E-state index >= 15 is 0 Å². The Balaban J connectivity index is 3.46. The zero-order valence-corrected chi connectivity index (χ0v) is 7.35. The van der Waals surface area contributed by atoms with Gasteiger partial charge in [0.15, 0.2) is 0 Å². The summed E-state index contributed by atoms with van der Waals surface area (Å²) < 4.78 is 5.18. The van der Waals surface area contributed by atoms with Gasteiger partial charge in [0.25, 0.3) is 0 Å². The summed E-state index contributed by atoms with van der Waals surface area (Å²) in [6, 6.07) is 0. The second kappa shape index (κ2) is 3.94. The van der Waals surface area contributed by atoms with Crippen molar-refractivity contribution in [3.05, 3.63) is 0 Å². The van der Waals surface area contributed by atoms with Crippen LogP contribution >= 0.6 is 0 Å². The van der Waals surface area contributed by atoms with Crippen LogP contribution in [0.25, 0.3) is 0 Å². The molecule has 2 heteroatoms. The normalized spacial score (nSPS) is 15.3. The molecule has 0 fully saturated rings. The number of aliphatic hydroxyl groups is 1. The second-order valence-corrected chi connectivity index (χ2v) is 3.35. The maximum absolute atomic E-state index is 8.96.